The maximum absolute atomic E-state index is 5.25. The van der Waals surface area contributed by atoms with E-state index in [4.69, 9.17) is 19.9 Å². The van der Waals surface area contributed by atoms with Gasteiger partial charge in [-0.1, -0.05) is 309 Å². The van der Waals surface area contributed by atoms with E-state index in [0.717, 1.165) is 89.5 Å². The molecule has 0 spiro atoms. The molecule has 486 valence electrons. The van der Waals surface area contributed by atoms with Gasteiger partial charge >= 0.3 is 0 Å². The molecular formula is C98H64N6. The molecule has 0 amide bonds. The van der Waals surface area contributed by atoms with Crippen molar-refractivity contribution in [1.82, 2.24) is 29.9 Å². The molecule has 4 heterocycles. The van der Waals surface area contributed by atoms with E-state index in [2.05, 4.69) is 350 Å². The lowest BCUT2D eigenvalue weighted by Gasteiger charge is -2.18. The Labute approximate surface area is 603 Å². The number of hydrogen-bond donors (Lipinski definition) is 0. The minimum atomic E-state index is 0.682. The van der Waals surface area contributed by atoms with Crippen LogP contribution in [0.1, 0.15) is 0 Å². The summed E-state index contributed by atoms with van der Waals surface area (Å²) in [6.07, 6.45) is 7.39. The monoisotopic (exact) mass is 1320 g/mol. The number of hydrogen-bond acceptors (Lipinski definition) is 6. The molecule has 0 N–H and O–H groups in total. The van der Waals surface area contributed by atoms with Crippen LogP contribution in [0.3, 0.4) is 0 Å². The molecular weight excluding hydrogens is 1260 g/mol. The maximum atomic E-state index is 5.25. The van der Waals surface area contributed by atoms with Gasteiger partial charge in [0.15, 0.2) is 11.6 Å². The van der Waals surface area contributed by atoms with Crippen LogP contribution >= 0.6 is 0 Å². The molecule has 0 radical (unpaired) electrons. The second-order valence-electron chi connectivity index (χ2n) is 26.1. The molecule has 19 aromatic rings. The van der Waals surface area contributed by atoms with Gasteiger partial charge in [-0.25, -0.2) is 19.9 Å². The van der Waals surface area contributed by atoms with Gasteiger partial charge in [-0.3, -0.25) is 9.97 Å². The van der Waals surface area contributed by atoms with Gasteiger partial charge in [0.05, 0.1) is 22.8 Å². The van der Waals surface area contributed by atoms with Crippen molar-refractivity contribution < 1.29 is 0 Å². The number of rotatable bonds is 12. The van der Waals surface area contributed by atoms with Gasteiger partial charge < -0.3 is 0 Å². The highest BCUT2D eigenvalue weighted by atomic mass is 14.9. The summed E-state index contributed by atoms with van der Waals surface area (Å²) in [5.41, 5.74) is 23.5. The Bertz CT molecular complexity index is 6290. The largest absolute Gasteiger partial charge is 0.264 e. The summed E-state index contributed by atoms with van der Waals surface area (Å²) < 4.78 is 0. The van der Waals surface area contributed by atoms with Crippen molar-refractivity contribution in [3.8, 4) is 135 Å². The Kier molecular flexibility index (Phi) is 16.6. The third kappa shape index (κ3) is 12.2. The second kappa shape index (κ2) is 27.6. The predicted octanol–water partition coefficient (Wildman–Crippen LogP) is 25.5. The van der Waals surface area contributed by atoms with E-state index in [1.54, 1.807) is 12.4 Å². The van der Waals surface area contributed by atoms with Crippen LogP contribution < -0.4 is 0 Å². The number of fused-ring (bicyclic) bond motifs is 5. The molecule has 0 aliphatic carbocycles. The minimum Gasteiger partial charge on any atom is -0.264 e. The molecule has 0 unspecified atom stereocenters. The van der Waals surface area contributed by atoms with Crippen LogP contribution in [-0.2, 0) is 0 Å². The number of benzene rings is 15. The molecule has 6 nitrogen and oxygen atoms in total. The van der Waals surface area contributed by atoms with Crippen molar-refractivity contribution in [3.63, 3.8) is 0 Å². The fourth-order valence-electron chi connectivity index (χ4n) is 14.8. The second-order valence-corrected chi connectivity index (χ2v) is 26.1. The first-order chi connectivity index (χ1) is 51.6. The Morgan fingerprint density at radius 3 is 0.817 bits per heavy atom. The van der Waals surface area contributed by atoms with Crippen molar-refractivity contribution in [3.05, 3.63) is 389 Å². The lowest BCUT2D eigenvalue weighted by molar-refractivity contribution is 1.18. The molecule has 0 bridgehead atoms. The lowest BCUT2D eigenvalue weighted by atomic mass is 9.85. The van der Waals surface area contributed by atoms with Gasteiger partial charge in [0, 0.05) is 69.3 Å². The smallest absolute Gasteiger partial charge is 0.160 e. The summed E-state index contributed by atoms with van der Waals surface area (Å²) in [6.45, 7) is 0. The van der Waals surface area contributed by atoms with Crippen molar-refractivity contribution in [2.45, 2.75) is 0 Å². The van der Waals surface area contributed by atoms with Crippen LogP contribution in [-0.4, -0.2) is 29.9 Å². The summed E-state index contributed by atoms with van der Waals surface area (Å²) in [5.74, 6) is 1.37. The fraction of sp³-hybridized carbons (Fsp3) is 0. The Hall–Kier alpha value is -13.9. The summed E-state index contributed by atoms with van der Waals surface area (Å²) in [5, 5.41) is 12.3. The topological polar surface area (TPSA) is 77.3 Å². The first-order valence-corrected chi connectivity index (χ1v) is 35.1. The van der Waals surface area contributed by atoms with E-state index in [9.17, 15) is 0 Å². The average molecular weight is 1330 g/mol. The van der Waals surface area contributed by atoms with Gasteiger partial charge in [0.1, 0.15) is 0 Å². The fourth-order valence-corrected chi connectivity index (χ4v) is 14.8. The third-order valence-corrected chi connectivity index (χ3v) is 19.7. The Morgan fingerprint density at radius 2 is 0.433 bits per heavy atom. The third-order valence-electron chi connectivity index (χ3n) is 19.7. The highest BCUT2D eigenvalue weighted by molar-refractivity contribution is 6.23. The number of pyridine rings is 2. The molecule has 19 rings (SSSR count). The van der Waals surface area contributed by atoms with E-state index in [-0.39, 0.29) is 0 Å². The zero-order valence-electron chi connectivity index (χ0n) is 56.6. The van der Waals surface area contributed by atoms with Crippen LogP contribution in [0.15, 0.2) is 389 Å². The van der Waals surface area contributed by atoms with Crippen molar-refractivity contribution >= 4 is 53.9 Å². The quantitative estimate of drug-likeness (QED) is 0.113. The zero-order valence-corrected chi connectivity index (χ0v) is 56.6. The highest BCUT2D eigenvalue weighted by Crippen LogP contribution is 2.47. The molecule has 0 saturated heterocycles. The molecule has 0 aliphatic rings. The predicted molar refractivity (Wildman–Crippen MR) is 432 cm³/mol. The van der Waals surface area contributed by atoms with Crippen LogP contribution in [0.5, 0.6) is 0 Å². The van der Waals surface area contributed by atoms with E-state index >= 15 is 0 Å². The number of nitrogens with zero attached hydrogens (tertiary/aromatic N) is 6. The van der Waals surface area contributed by atoms with Gasteiger partial charge in [0.25, 0.3) is 0 Å². The van der Waals surface area contributed by atoms with E-state index < -0.39 is 0 Å². The van der Waals surface area contributed by atoms with E-state index in [0.29, 0.717) is 11.6 Å². The lowest BCUT2D eigenvalue weighted by Crippen LogP contribution is -1.97. The summed E-state index contributed by atoms with van der Waals surface area (Å²) >= 11 is 0. The zero-order chi connectivity index (χ0) is 69.1. The molecule has 104 heavy (non-hydrogen) atoms. The van der Waals surface area contributed by atoms with Crippen LogP contribution in [0.2, 0.25) is 0 Å². The molecule has 4 aromatic heterocycles. The summed E-state index contributed by atoms with van der Waals surface area (Å²) in [4.78, 5) is 29.5. The Balaban J connectivity index is 0.000000149. The molecule has 0 saturated carbocycles. The summed E-state index contributed by atoms with van der Waals surface area (Å²) in [7, 11) is 0. The van der Waals surface area contributed by atoms with E-state index in [1.165, 1.54) is 87.2 Å². The first-order valence-electron chi connectivity index (χ1n) is 35.1. The number of aromatic nitrogens is 6. The van der Waals surface area contributed by atoms with Crippen molar-refractivity contribution in [1.29, 1.82) is 0 Å². The standard InChI is InChI=1S/C51H33N3.C47H31N3/c1-2-14-35(15-3-1)47-32-48(38-18-10-17-37(29-38)42-21-12-28-52-33-42)54-51(53-47)41-20-11-19-39(31-41)49-43-22-6-8-24-45(43)50(46-25-9-7-23-44(46)49)40-27-26-34-13-4-5-16-36(34)30-40;1-3-14-32(15-4-1)43-30-44(35-19-11-18-34(28-35)38-22-13-27-48-31-38)50-47(49-43)37-21-12-20-36(29-37)46-41-25-9-7-23-39(41)45(33-16-5-2-6-17-33)40-24-8-10-26-42(40)46/h1-33H;1-31H. The molecule has 15 aromatic carbocycles. The van der Waals surface area contributed by atoms with Crippen LogP contribution in [0, 0.1) is 0 Å². The SMILES string of the molecule is c1ccc(-c2cc(-c3cccc(-c4cccnc4)c3)nc(-c3cccc(-c4c5ccccc5c(-c5ccc6ccccc6c5)c5ccccc45)c3)n2)cc1.c1ccc(-c2cc(-c3cccc(-c4cccnc4)c3)nc(-c3cccc(-c4c5ccccc5c(-c5ccccc5)c5ccccc45)c3)n2)cc1. The molecule has 0 fully saturated rings. The first kappa shape index (κ1) is 62.3. The van der Waals surface area contributed by atoms with Gasteiger partial charge in [0.2, 0.25) is 0 Å². The van der Waals surface area contributed by atoms with Gasteiger partial charge in [-0.05, 0) is 164 Å². The van der Waals surface area contributed by atoms with Gasteiger partial charge in [-0.2, -0.15) is 0 Å². The highest BCUT2D eigenvalue weighted by Gasteiger charge is 2.22. The van der Waals surface area contributed by atoms with Gasteiger partial charge in [-0.15, -0.1) is 0 Å². The minimum absolute atomic E-state index is 0.682. The molecule has 0 aliphatic heterocycles. The van der Waals surface area contributed by atoms with Crippen molar-refractivity contribution in [2.24, 2.45) is 0 Å². The molecule has 0 atom stereocenters. The maximum Gasteiger partial charge on any atom is 0.160 e. The normalized spacial score (nSPS) is 11.3. The van der Waals surface area contributed by atoms with Crippen LogP contribution in [0.4, 0.5) is 0 Å². The van der Waals surface area contributed by atoms with Crippen LogP contribution in [0.25, 0.3) is 188 Å². The average Bonchev–Trinajstić information content (AvgIpc) is 0.738. The Morgan fingerprint density at radius 1 is 0.154 bits per heavy atom. The summed E-state index contributed by atoms with van der Waals surface area (Å²) in [6, 6.07) is 129. The van der Waals surface area contributed by atoms with E-state index in [1.807, 2.05) is 36.7 Å². The van der Waals surface area contributed by atoms with Crippen molar-refractivity contribution in [2.75, 3.05) is 0 Å². The molecule has 6 heteroatoms.